The fourth-order valence-corrected chi connectivity index (χ4v) is 3.34. The van der Waals surface area contributed by atoms with E-state index in [1.165, 1.54) is 12.1 Å². The Kier molecular flexibility index (Phi) is 3.71. The first-order valence-corrected chi connectivity index (χ1v) is 7.96. The molecule has 1 aromatic heterocycles. The maximum absolute atomic E-state index is 13.3. The average Bonchev–Trinajstić information content (AvgIpc) is 2.91. The number of nitrogens with zero attached hydrogens (tertiary/aromatic N) is 1. The number of carbonyl (C=O) groups is 1. The van der Waals surface area contributed by atoms with E-state index >= 15 is 0 Å². The molecule has 0 aliphatic carbocycles. The molecule has 1 aliphatic heterocycles. The van der Waals surface area contributed by atoms with Crippen molar-refractivity contribution in [2.75, 3.05) is 13.1 Å². The van der Waals surface area contributed by atoms with E-state index in [9.17, 15) is 9.18 Å². The number of rotatable bonds is 2. The Labute approximate surface area is 130 Å². The molecule has 2 heterocycles. The summed E-state index contributed by atoms with van der Waals surface area (Å²) in [7, 11) is 0. The number of piperidine rings is 1. The summed E-state index contributed by atoms with van der Waals surface area (Å²) in [6, 6.07) is 4.68. The lowest BCUT2D eigenvalue weighted by atomic mass is 9.82. The van der Waals surface area contributed by atoms with Crippen LogP contribution in [0.2, 0.25) is 0 Å². The highest BCUT2D eigenvalue weighted by molar-refractivity contribution is 5.94. The van der Waals surface area contributed by atoms with Gasteiger partial charge in [0.25, 0.3) is 0 Å². The summed E-state index contributed by atoms with van der Waals surface area (Å²) in [6.45, 7) is 7.82. The van der Waals surface area contributed by atoms with Crippen LogP contribution in [0.3, 0.4) is 0 Å². The fraction of sp³-hybridized carbons (Fsp3) is 0.500. The lowest BCUT2D eigenvalue weighted by molar-refractivity contribution is -0.137. The van der Waals surface area contributed by atoms with Crippen LogP contribution in [0.5, 0.6) is 0 Å². The molecule has 1 aliphatic rings. The summed E-state index contributed by atoms with van der Waals surface area (Å²) in [5.74, 6) is 0.586. The summed E-state index contributed by atoms with van der Waals surface area (Å²) in [4.78, 5) is 18.0. The van der Waals surface area contributed by atoms with Gasteiger partial charge in [0, 0.05) is 30.2 Å². The molecule has 0 atom stereocenters. The molecule has 0 spiro atoms. The van der Waals surface area contributed by atoms with E-state index in [-0.39, 0.29) is 11.7 Å². The lowest BCUT2D eigenvalue weighted by Gasteiger charge is -2.36. The van der Waals surface area contributed by atoms with Crippen molar-refractivity contribution in [2.24, 2.45) is 5.92 Å². The van der Waals surface area contributed by atoms with E-state index in [0.29, 0.717) is 5.92 Å². The van der Waals surface area contributed by atoms with Crippen molar-refractivity contribution in [2.45, 2.75) is 39.0 Å². The molecule has 3 rings (SSSR count). The number of aromatic nitrogens is 1. The molecule has 22 heavy (non-hydrogen) atoms. The third-order valence-corrected chi connectivity index (χ3v) is 4.92. The van der Waals surface area contributed by atoms with Gasteiger partial charge in [0.05, 0.1) is 5.41 Å². The number of halogens is 1. The predicted molar refractivity (Wildman–Crippen MR) is 86.3 cm³/mol. The number of hydrogen-bond donors (Lipinski definition) is 1. The van der Waals surface area contributed by atoms with Gasteiger partial charge in [-0.25, -0.2) is 4.39 Å². The van der Waals surface area contributed by atoms with Crippen LogP contribution in [-0.4, -0.2) is 28.9 Å². The third kappa shape index (κ3) is 2.51. The van der Waals surface area contributed by atoms with Crippen molar-refractivity contribution < 1.29 is 9.18 Å². The van der Waals surface area contributed by atoms with Crippen LogP contribution >= 0.6 is 0 Å². The summed E-state index contributed by atoms with van der Waals surface area (Å²) in [5, 5.41) is 0.921. The van der Waals surface area contributed by atoms with Crippen molar-refractivity contribution in [1.82, 2.24) is 9.88 Å². The summed E-state index contributed by atoms with van der Waals surface area (Å²) in [5.41, 5.74) is 1.06. The van der Waals surface area contributed by atoms with Gasteiger partial charge in [0.15, 0.2) is 0 Å². The normalized spacial score (nSPS) is 17.2. The van der Waals surface area contributed by atoms with E-state index in [0.717, 1.165) is 42.4 Å². The minimum Gasteiger partial charge on any atom is -0.361 e. The molecule has 0 radical (unpaired) electrons. The number of benzene rings is 1. The number of fused-ring (bicyclic) bond motifs is 1. The highest BCUT2D eigenvalue weighted by Crippen LogP contribution is 2.33. The number of amides is 1. The van der Waals surface area contributed by atoms with E-state index in [1.807, 2.05) is 24.9 Å². The minimum atomic E-state index is -0.614. The van der Waals surface area contributed by atoms with Crippen LogP contribution < -0.4 is 0 Å². The molecule has 0 bridgehead atoms. The molecule has 0 saturated carbocycles. The Morgan fingerprint density at radius 1 is 1.32 bits per heavy atom. The van der Waals surface area contributed by atoms with Crippen LogP contribution in [0.1, 0.15) is 39.2 Å². The molecule has 1 amide bonds. The van der Waals surface area contributed by atoms with Crippen LogP contribution in [0.15, 0.2) is 24.4 Å². The molecule has 2 aromatic rings. The molecule has 1 N–H and O–H groups in total. The van der Waals surface area contributed by atoms with Gasteiger partial charge in [-0.3, -0.25) is 4.79 Å². The predicted octanol–water partition coefficient (Wildman–Crippen LogP) is 3.84. The number of carbonyl (C=O) groups excluding carboxylic acids is 1. The highest BCUT2D eigenvalue weighted by Gasteiger charge is 2.36. The maximum Gasteiger partial charge on any atom is 0.232 e. The zero-order chi connectivity index (χ0) is 15.9. The minimum absolute atomic E-state index is 0.157. The van der Waals surface area contributed by atoms with Gasteiger partial charge >= 0.3 is 0 Å². The molecule has 3 nitrogen and oxygen atoms in total. The van der Waals surface area contributed by atoms with Crippen molar-refractivity contribution in [3.05, 3.63) is 35.8 Å². The van der Waals surface area contributed by atoms with E-state index in [2.05, 4.69) is 11.9 Å². The number of nitrogens with one attached hydrogen (secondary N) is 1. The number of aromatic amines is 1. The van der Waals surface area contributed by atoms with Gasteiger partial charge < -0.3 is 9.88 Å². The second-order valence-corrected chi connectivity index (χ2v) is 6.99. The lowest BCUT2D eigenvalue weighted by Crippen LogP contribution is -2.46. The molecule has 0 unspecified atom stereocenters. The Morgan fingerprint density at radius 2 is 2.00 bits per heavy atom. The quantitative estimate of drug-likeness (QED) is 0.899. The Bertz CT molecular complexity index is 696. The van der Waals surface area contributed by atoms with Gasteiger partial charge in [-0.2, -0.15) is 0 Å². The Balaban J connectivity index is 1.92. The van der Waals surface area contributed by atoms with Crippen molar-refractivity contribution in [3.63, 3.8) is 0 Å². The molecule has 1 saturated heterocycles. The van der Waals surface area contributed by atoms with E-state index in [1.54, 1.807) is 6.07 Å². The second-order valence-electron chi connectivity index (χ2n) is 6.99. The van der Waals surface area contributed by atoms with Crippen LogP contribution in [0, 0.1) is 11.7 Å². The number of likely N-dealkylation sites (tertiary alicyclic amines) is 1. The van der Waals surface area contributed by atoms with Crippen molar-refractivity contribution in [1.29, 1.82) is 0 Å². The van der Waals surface area contributed by atoms with Crippen LogP contribution in [-0.2, 0) is 10.2 Å². The third-order valence-electron chi connectivity index (χ3n) is 4.92. The highest BCUT2D eigenvalue weighted by atomic mass is 19.1. The molecular weight excluding hydrogens is 279 g/mol. The molecule has 118 valence electrons. The maximum atomic E-state index is 13.3. The Hall–Kier alpha value is -1.84. The summed E-state index contributed by atoms with van der Waals surface area (Å²) in [6.07, 6.45) is 3.98. The van der Waals surface area contributed by atoms with Crippen molar-refractivity contribution >= 4 is 16.8 Å². The van der Waals surface area contributed by atoms with Gasteiger partial charge in [-0.05, 0) is 56.4 Å². The first kappa shape index (κ1) is 15.1. The smallest absolute Gasteiger partial charge is 0.232 e. The van der Waals surface area contributed by atoms with Gasteiger partial charge in [0.1, 0.15) is 5.82 Å². The van der Waals surface area contributed by atoms with Gasteiger partial charge in [0.2, 0.25) is 5.91 Å². The molecule has 1 aromatic carbocycles. The fourth-order valence-electron chi connectivity index (χ4n) is 3.34. The van der Waals surface area contributed by atoms with Gasteiger partial charge in [-0.15, -0.1) is 0 Å². The standard InChI is InChI=1S/C18H23FN2O/c1-12-6-8-21(9-7-12)17(22)18(2,3)15-11-20-16-10-13(19)4-5-14(15)16/h4-5,10-12,20H,6-9H2,1-3H3. The van der Waals surface area contributed by atoms with E-state index in [4.69, 9.17) is 0 Å². The summed E-state index contributed by atoms with van der Waals surface area (Å²) < 4.78 is 13.3. The monoisotopic (exact) mass is 302 g/mol. The molecular formula is C18H23FN2O. The largest absolute Gasteiger partial charge is 0.361 e. The van der Waals surface area contributed by atoms with Crippen LogP contribution in [0.4, 0.5) is 4.39 Å². The topological polar surface area (TPSA) is 36.1 Å². The number of H-pyrrole nitrogens is 1. The second kappa shape index (κ2) is 5.41. The first-order valence-electron chi connectivity index (χ1n) is 7.96. The summed E-state index contributed by atoms with van der Waals surface area (Å²) >= 11 is 0. The number of hydrogen-bond acceptors (Lipinski definition) is 1. The van der Waals surface area contributed by atoms with Crippen LogP contribution in [0.25, 0.3) is 10.9 Å². The molecule has 4 heteroatoms. The zero-order valence-corrected chi connectivity index (χ0v) is 13.4. The average molecular weight is 302 g/mol. The van der Waals surface area contributed by atoms with E-state index < -0.39 is 5.41 Å². The first-order chi connectivity index (χ1) is 10.4. The van der Waals surface area contributed by atoms with Crippen molar-refractivity contribution in [3.8, 4) is 0 Å². The van der Waals surface area contributed by atoms with Gasteiger partial charge in [-0.1, -0.05) is 6.92 Å². The SMILES string of the molecule is CC1CCN(C(=O)C(C)(C)c2c[nH]c3cc(F)ccc23)CC1. The Morgan fingerprint density at radius 3 is 2.68 bits per heavy atom. The molecule has 1 fully saturated rings. The zero-order valence-electron chi connectivity index (χ0n) is 13.4.